The molecule has 0 aliphatic carbocycles. The van der Waals surface area contributed by atoms with Gasteiger partial charge in [-0.25, -0.2) is 4.68 Å². The first-order valence-electron chi connectivity index (χ1n) is 7.25. The average molecular weight is 284 g/mol. The van der Waals surface area contributed by atoms with Crippen LogP contribution in [0, 0.1) is 19.8 Å². The predicted octanol–water partition coefficient (Wildman–Crippen LogP) is 1.44. The number of amides is 1. The van der Waals surface area contributed by atoms with E-state index in [1.807, 2.05) is 36.7 Å². The molecule has 0 spiro atoms. The Morgan fingerprint density at radius 2 is 2.24 bits per heavy atom. The summed E-state index contributed by atoms with van der Waals surface area (Å²) in [6, 6.07) is 8.09. The van der Waals surface area contributed by atoms with Gasteiger partial charge in [0.05, 0.1) is 23.1 Å². The summed E-state index contributed by atoms with van der Waals surface area (Å²) in [5.74, 6) is 0.513. The number of nitrogens with zero attached hydrogens (tertiary/aromatic N) is 2. The Bertz CT molecular complexity index is 658. The molecule has 1 aromatic heterocycles. The van der Waals surface area contributed by atoms with Crippen molar-refractivity contribution in [2.75, 3.05) is 19.6 Å². The van der Waals surface area contributed by atoms with Gasteiger partial charge < -0.3 is 10.6 Å². The van der Waals surface area contributed by atoms with Crippen molar-refractivity contribution in [3.8, 4) is 5.69 Å². The van der Waals surface area contributed by atoms with Crippen LogP contribution in [0.2, 0.25) is 0 Å². The molecule has 0 atom stereocenters. The summed E-state index contributed by atoms with van der Waals surface area (Å²) in [5.41, 5.74) is 3.66. The van der Waals surface area contributed by atoms with Crippen molar-refractivity contribution < 1.29 is 4.79 Å². The van der Waals surface area contributed by atoms with Crippen molar-refractivity contribution in [1.29, 1.82) is 0 Å². The van der Waals surface area contributed by atoms with Crippen molar-refractivity contribution in [3.63, 3.8) is 0 Å². The lowest BCUT2D eigenvalue weighted by Gasteiger charge is -2.27. The van der Waals surface area contributed by atoms with Gasteiger partial charge in [0, 0.05) is 25.6 Å². The molecule has 5 heteroatoms. The molecule has 1 saturated heterocycles. The number of carbonyl (C=O) groups is 1. The molecule has 0 radical (unpaired) electrons. The molecular formula is C16H20N4O. The smallest absolute Gasteiger partial charge is 0.254 e. The highest BCUT2D eigenvalue weighted by molar-refractivity contribution is 5.95. The van der Waals surface area contributed by atoms with Crippen LogP contribution < -0.4 is 10.6 Å². The molecule has 110 valence electrons. The monoisotopic (exact) mass is 284 g/mol. The van der Waals surface area contributed by atoms with Crippen LogP contribution in [0.4, 0.5) is 0 Å². The molecule has 1 aromatic carbocycles. The van der Waals surface area contributed by atoms with E-state index in [1.54, 1.807) is 6.20 Å². The molecule has 2 heterocycles. The van der Waals surface area contributed by atoms with E-state index >= 15 is 0 Å². The van der Waals surface area contributed by atoms with Crippen LogP contribution in [-0.2, 0) is 0 Å². The number of aryl methyl sites for hydroxylation is 1. The molecule has 21 heavy (non-hydrogen) atoms. The Balaban J connectivity index is 1.76. The zero-order valence-corrected chi connectivity index (χ0v) is 12.4. The van der Waals surface area contributed by atoms with Gasteiger partial charge in [0.1, 0.15) is 0 Å². The third-order valence-corrected chi connectivity index (χ3v) is 3.92. The van der Waals surface area contributed by atoms with E-state index in [-0.39, 0.29) is 5.91 Å². The van der Waals surface area contributed by atoms with E-state index in [9.17, 15) is 4.79 Å². The summed E-state index contributed by atoms with van der Waals surface area (Å²) in [6.07, 6.45) is 1.64. The van der Waals surface area contributed by atoms with E-state index in [0.29, 0.717) is 11.5 Å². The van der Waals surface area contributed by atoms with E-state index in [2.05, 4.69) is 21.8 Å². The lowest BCUT2D eigenvalue weighted by atomic mass is 10.0. The van der Waals surface area contributed by atoms with E-state index in [0.717, 1.165) is 31.0 Å². The molecule has 1 amide bonds. The zero-order valence-electron chi connectivity index (χ0n) is 12.4. The molecule has 0 bridgehead atoms. The molecule has 3 rings (SSSR count). The van der Waals surface area contributed by atoms with E-state index < -0.39 is 0 Å². The average Bonchev–Trinajstić information content (AvgIpc) is 2.78. The van der Waals surface area contributed by atoms with Crippen LogP contribution in [0.3, 0.4) is 0 Å². The van der Waals surface area contributed by atoms with Gasteiger partial charge in [-0.15, -0.1) is 0 Å². The molecule has 2 aromatic rings. The number of carbonyl (C=O) groups excluding carboxylic acids is 1. The van der Waals surface area contributed by atoms with Gasteiger partial charge in [0.2, 0.25) is 0 Å². The number of nitrogens with one attached hydrogen (secondary N) is 2. The van der Waals surface area contributed by atoms with Crippen LogP contribution in [0.1, 0.15) is 21.6 Å². The summed E-state index contributed by atoms with van der Waals surface area (Å²) >= 11 is 0. The van der Waals surface area contributed by atoms with Crippen LogP contribution in [0.5, 0.6) is 0 Å². The first-order valence-corrected chi connectivity index (χ1v) is 7.25. The third-order valence-electron chi connectivity index (χ3n) is 3.92. The van der Waals surface area contributed by atoms with E-state index in [1.165, 1.54) is 5.56 Å². The quantitative estimate of drug-likeness (QED) is 0.893. The Morgan fingerprint density at radius 3 is 2.90 bits per heavy atom. The highest BCUT2D eigenvalue weighted by atomic mass is 16.1. The van der Waals surface area contributed by atoms with Gasteiger partial charge >= 0.3 is 0 Å². The maximum atomic E-state index is 12.2. The highest BCUT2D eigenvalue weighted by Crippen LogP contribution is 2.15. The van der Waals surface area contributed by atoms with Crippen molar-refractivity contribution in [1.82, 2.24) is 20.4 Å². The Morgan fingerprint density at radius 1 is 1.43 bits per heavy atom. The largest absolute Gasteiger partial charge is 0.352 e. The Hall–Kier alpha value is -2.14. The molecule has 1 fully saturated rings. The standard InChI is InChI=1S/C16H20N4O/c1-11-4-3-5-14(6-11)20-12(2)15(10-19-20)16(21)18-9-13-7-17-8-13/h3-6,10,13,17H,7-9H2,1-2H3,(H,18,21). The summed E-state index contributed by atoms with van der Waals surface area (Å²) in [5, 5.41) is 10.5. The second kappa shape index (κ2) is 5.69. The molecular weight excluding hydrogens is 264 g/mol. The fourth-order valence-electron chi connectivity index (χ4n) is 2.48. The van der Waals surface area contributed by atoms with Crippen LogP contribution in [0.15, 0.2) is 30.5 Å². The summed E-state index contributed by atoms with van der Waals surface area (Å²) in [4.78, 5) is 12.2. The van der Waals surface area contributed by atoms with Gasteiger partial charge in [-0.2, -0.15) is 5.10 Å². The lowest BCUT2D eigenvalue weighted by molar-refractivity contribution is 0.0941. The summed E-state index contributed by atoms with van der Waals surface area (Å²) in [6.45, 7) is 6.67. The summed E-state index contributed by atoms with van der Waals surface area (Å²) < 4.78 is 1.81. The van der Waals surface area contributed by atoms with Gasteiger partial charge in [-0.1, -0.05) is 12.1 Å². The van der Waals surface area contributed by atoms with Gasteiger partial charge in [0.15, 0.2) is 0 Å². The number of rotatable bonds is 4. The molecule has 1 aliphatic heterocycles. The maximum Gasteiger partial charge on any atom is 0.254 e. The number of hydrogen-bond donors (Lipinski definition) is 2. The molecule has 5 nitrogen and oxygen atoms in total. The van der Waals surface area contributed by atoms with Crippen LogP contribution in [-0.4, -0.2) is 35.3 Å². The van der Waals surface area contributed by atoms with Gasteiger partial charge in [0.25, 0.3) is 5.91 Å². The van der Waals surface area contributed by atoms with Crippen molar-refractivity contribution >= 4 is 5.91 Å². The first-order chi connectivity index (χ1) is 10.1. The van der Waals surface area contributed by atoms with Gasteiger partial charge in [-0.3, -0.25) is 4.79 Å². The second-order valence-electron chi connectivity index (χ2n) is 5.63. The van der Waals surface area contributed by atoms with E-state index in [4.69, 9.17) is 0 Å². The second-order valence-corrected chi connectivity index (χ2v) is 5.63. The molecule has 0 saturated carbocycles. The number of hydrogen-bond acceptors (Lipinski definition) is 3. The van der Waals surface area contributed by atoms with Crippen molar-refractivity contribution in [3.05, 3.63) is 47.3 Å². The fraction of sp³-hybridized carbons (Fsp3) is 0.375. The minimum atomic E-state index is -0.0432. The SMILES string of the molecule is Cc1cccc(-n2ncc(C(=O)NCC3CNC3)c2C)c1. The van der Waals surface area contributed by atoms with Crippen molar-refractivity contribution in [2.45, 2.75) is 13.8 Å². The first kappa shape index (κ1) is 13.8. The maximum absolute atomic E-state index is 12.2. The minimum absolute atomic E-state index is 0.0432. The number of benzene rings is 1. The zero-order chi connectivity index (χ0) is 14.8. The Kier molecular flexibility index (Phi) is 3.75. The van der Waals surface area contributed by atoms with Crippen LogP contribution >= 0.6 is 0 Å². The normalized spacial score (nSPS) is 14.8. The summed E-state index contributed by atoms with van der Waals surface area (Å²) in [7, 11) is 0. The van der Waals surface area contributed by atoms with Crippen LogP contribution in [0.25, 0.3) is 5.69 Å². The molecule has 0 unspecified atom stereocenters. The fourth-order valence-corrected chi connectivity index (χ4v) is 2.48. The molecule has 2 N–H and O–H groups in total. The minimum Gasteiger partial charge on any atom is -0.352 e. The third kappa shape index (κ3) is 2.83. The highest BCUT2D eigenvalue weighted by Gasteiger charge is 2.19. The van der Waals surface area contributed by atoms with Gasteiger partial charge in [-0.05, 0) is 31.5 Å². The number of aromatic nitrogens is 2. The lowest BCUT2D eigenvalue weighted by Crippen LogP contribution is -2.48. The molecule has 1 aliphatic rings. The Labute approximate surface area is 124 Å². The predicted molar refractivity (Wildman–Crippen MR) is 81.7 cm³/mol. The topological polar surface area (TPSA) is 59.0 Å². The van der Waals surface area contributed by atoms with Crippen molar-refractivity contribution in [2.24, 2.45) is 5.92 Å².